The van der Waals surface area contributed by atoms with Crippen molar-refractivity contribution in [3.63, 3.8) is 0 Å². The molecule has 4 nitrogen and oxygen atoms in total. The fourth-order valence-corrected chi connectivity index (χ4v) is 2.27. The highest BCUT2D eigenvalue weighted by Crippen LogP contribution is 2.24. The minimum absolute atomic E-state index is 0.0344. The Bertz CT molecular complexity index is 404. The predicted octanol–water partition coefficient (Wildman–Crippen LogP) is 2.43. The van der Waals surface area contributed by atoms with Crippen molar-refractivity contribution in [1.82, 2.24) is 0 Å². The molecule has 0 N–H and O–H groups in total. The molecule has 1 saturated heterocycles. The van der Waals surface area contributed by atoms with Gasteiger partial charge in [-0.1, -0.05) is 18.2 Å². The largest absolute Gasteiger partial charge is 0.456 e. The molecule has 104 valence electrons. The number of esters is 1. The van der Waals surface area contributed by atoms with Gasteiger partial charge in [0.1, 0.15) is 6.10 Å². The third-order valence-corrected chi connectivity index (χ3v) is 3.32. The molecule has 3 unspecified atom stereocenters. The molecule has 1 heterocycles. The number of hydrogen-bond acceptors (Lipinski definition) is 4. The number of hydrogen-bond donors (Lipinski definition) is 0. The summed E-state index contributed by atoms with van der Waals surface area (Å²) in [6, 6.07) is 9.01. The average molecular weight is 264 g/mol. The Morgan fingerprint density at radius 1 is 1.37 bits per heavy atom. The molecular formula is C15H20O4. The van der Waals surface area contributed by atoms with E-state index in [1.165, 1.54) is 0 Å². The topological polar surface area (TPSA) is 44.8 Å². The first-order valence-electron chi connectivity index (χ1n) is 6.61. The number of benzene rings is 1. The Labute approximate surface area is 113 Å². The molecule has 2 rings (SSSR count). The van der Waals surface area contributed by atoms with Crippen LogP contribution in [0.25, 0.3) is 0 Å². The molecule has 0 saturated carbocycles. The zero-order valence-corrected chi connectivity index (χ0v) is 11.4. The van der Waals surface area contributed by atoms with E-state index in [0.717, 1.165) is 12.8 Å². The highest BCUT2D eigenvalue weighted by atomic mass is 16.6. The standard InChI is InChI=1S/C15H20O4/c1-11(14-9-8-13(19-14)10-17-2)18-15(16)12-6-4-3-5-7-12/h3-7,11,13-14H,8-10H2,1-2H3. The zero-order chi connectivity index (χ0) is 13.7. The van der Waals surface area contributed by atoms with Crippen molar-refractivity contribution in [2.45, 2.75) is 38.1 Å². The van der Waals surface area contributed by atoms with Crippen LogP contribution in [0.5, 0.6) is 0 Å². The summed E-state index contributed by atoms with van der Waals surface area (Å²) < 4.78 is 16.3. The summed E-state index contributed by atoms with van der Waals surface area (Å²) in [5.74, 6) is -0.299. The van der Waals surface area contributed by atoms with E-state index in [4.69, 9.17) is 14.2 Å². The number of carbonyl (C=O) groups excluding carboxylic acids is 1. The van der Waals surface area contributed by atoms with E-state index in [2.05, 4.69) is 0 Å². The first kappa shape index (κ1) is 14.0. The summed E-state index contributed by atoms with van der Waals surface area (Å²) in [6.07, 6.45) is 1.69. The van der Waals surface area contributed by atoms with E-state index in [1.54, 1.807) is 19.2 Å². The summed E-state index contributed by atoms with van der Waals surface area (Å²) in [5.41, 5.74) is 0.570. The van der Waals surface area contributed by atoms with Crippen LogP contribution in [0.15, 0.2) is 30.3 Å². The monoisotopic (exact) mass is 264 g/mol. The second-order valence-electron chi connectivity index (χ2n) is 4.81. The van der Waals surface area contributed by atoms with Crippen LogP contribution in [-0.2, 0) is 14.2 Å². The molecule has 0 aliphatic carbocycles. The molecule has 19 heavy (non-hydrogen) atoms. The van der Waals surface area contributed by atoms with Crippen LogP contribution in [0, 0.1) is 0 Å². The van der Waals surface area contributed by atoms with Crippen molar-refractivity contribution in [3.8, 4) is 0 Å². The Kier molecular flexibility index (Phi) is 4.93. The second-order valence-corrected chi connectivity index (χ2v) is 4.81. The maximum atomic E-state index is 11.9. The van der Waals surface area contributed by atoms with Gasteiger partial charge in [0.2, 0.25) is 0 Å². The average Bonchev–Trinajstić information content (AvgIpc) is 2.89. The van der Waals surface area contributed by atoms with E-state index in [1.807, 2.05) is 25.1 Å². The van der Waals surface area contributed by atoms with E-state index in [-0.39, 0.29) is 24.3 Å². The van der Waals surface area contributed by atoms with Gasteiger partial charge in [-0.25, -0.2) is 4.79 Å². The van der Waals surface area contributed by atoms with Gasteiger partial charge in [0, 0.05) is 7.11 Å². The maximum absolute atomic E-state index is 11.9. The van der Waals surface area contributed by atoms with Crippen molar-refractivity contribution < 1.29 is 19.0 Å². The van der Waals surface area contributed by atoms with Crippen molar-refractivity contribution >= 4 is 5.97 Å². The summed E-state index contributed by atoms with van der Waals surface area (Å²) in [5, 5.41) is 0. The molecule has 1 aromatic rings. The lowest BCUT2D eigenvalue weighted by molar-refractivity contribution is -0.0586. The molecule has 0 aromatic heterocycles. The third-order valence-electron chi connectivity index (χ3n) is 3.32. The predicted molar refractivity (Wildman–Crippen MR) is 71.1 cm³/mol. The molecule has 3 atom stereocenters. The quantitative estimate of drug-likeness (QED) is 0.766. The molecular weight excluding hydrogens is 244 g/mol. The number of carbonyl (C=O) groups is 1. The summed E-state index contributed by atoms with van der Waals surface area (Å²) >= 11 is 0. The molecule has 1 aromatic carbocycles. The first-order chi connectivity index (χ1) is 9.20. The fraction of sp³-hybridized carbons (Fsp3) is 0.533. The van der Waals surface area contributed by atoms with E-state index >= 15 is 0 Å². The molecule has 0 spiro atoms. The van der Waals surface area contributed by atoms with Crippen molar-refractivity contribution in [2.24, 2.45) is 0 Å². The smallest absolute Gasteiger partial charge is 0.338 e. The summed E-state index contributed by atoms with van der Waals surface area (Å²) in [6.45, 7) is 2.47. The minimum Gasteiger partial charge on any atom is -0.456 e. The summed E-state index contributed by atoms with van der Waals surface area (Å²) in [4.78, 5) is 11.9. The Hall–Kier alpha value is -1.39. The van der Waals surface area contributed by atoms with Crippen LogP contribution in [0.3, 0.4) is 0 Å². The lowest BCUT2D eigenvalue weighted by Gasteiger charge is -2.20. The van der Waals surface area contributed by atoms with E-state index in [9.17, 15) is 4.79 Å². The summed E-state index contributed by atoms with van der Waals surface area (Å²) in [7, 11) is 1.66. The van der Waals surface area contributed by atoms with Gasteiger partial charge in [0.15, 0.2) is 0 Å². The molecule has 1 aliphatic heterocycles. The Morgan fingerprint density at radius 3 is 2.79 bits per heavy atom. The number of methoxy groups -OCH3 is 1. The van der Waals surface area contributed by atoms with Crippen molar-refractivity contribution in [2.75, 3.05) is 13.7 Å². The molecule has 0 amide bonds. The highest BCUT2D eigenvalue weighted by molar-refractivity contribution is 5.89. The molecule has 4 heteroatoms. The van der Waals surface area contributed by atoms with Crippen molar-refractivity contribution in [3.05, 3.63) is 35.9 Å². The second kappa shape index (κ2) is 6.68. The van der Waals surface area contributed by atoms with Gasteiger partial charge in [-0.05, 0) is 31.9 Å². The van der Waals surface area contributed by atoms with Crippen LogP contribution in [0.2, 0.25) is 0 Å². The fourth-order valence-electron chi connectivity index (χ4n) is 2.27. The maximum Gasteiger partial charge on any atom is 0.338 e. The number of rotatable bonds is 5. The first-order valence-corrected chi connectivity index (χ1v) is 6.61. The van der Waals surface area contributed by atoms with Gasteiger partial charge in [-0.3, -0.25) is 0 Å². The van der Waals surface area contributed by atoms with Crippen LogP contribution >= 0.6 is 0 Å². The Morgan fingerprint density at radius 2 is 2.11 bits per heavy atom. The van der Waals surface area contributed by atoms with E-state index < -0.39 is 0 Å². The van der Waals surface area contributed by atoms with Gasteiger partial charge in [-0.2, -0.15) is 0 Å². The van der Waals surface area contributed by atoms with Crippen LogP contribution in [-0.4, -0.2) is 38.0 Å². The lowest BCUT2D eigenvalue weighted by Crippen LogP contribution is -2.29. The van der Waals surface area contributed by atoms with Gasteiger partial charge < -0.3 is 14.2 Å². The minimum atomic E-state index is -0.299. The van der Waals surface area contributed by atoms with Gasteiger partial charge >= 0.3 is 5.97 Å². The molecule has 0 radical (unpaired) electrons. The number of ether oxygens (including phenoxy) is 3. The SMILES string of the molecule is COCC1CCC(C(C)OC(=O)c2ccccc2)O1. The van der Waals surface area contributed by atoms with Gasteiger partial charge in [0.25, 0.3) is 0 Å². The normalized spacial score (nSPS) is 24.1. The zero-order valence-electron chi connectivity index (χ0n) is 11.4. The van der Waals surface area contributed by atoms with Crippen LogP contribution in [0.4, 0.5) is 0 Å². The molecule has 0 bridgehead atoms. The van der Waals surface area contributed by atoms with Crippen molar-refractivity contribution in [1.29, 1.82) is 0 Å². The molecule has 1 fully saturated rings. The van der Waals surface area contributed by atoms with Crippen LogP contribution in [0.1, 0.15) is 30.1 Å². The third kappa shape index (κ3) is 3.78. The van der Waals surface area contributed by atoms with Crippen LogP contribution < -0.4 is 0 Å². The van der Waals surface area contributed by atoms with Gasteiger partial charge in [0.05, 0.1) is 24.4 Å². The molecule has 1 aliphatic rings. The highest BCUT2D eigenvalue weighted by Gasteiger charge is 2.31. The van der Waals surface area contributed by atoms with Gasteiger partial charge in [-0.15, -0.1) is 0 Å². The Balaban J connectivity index is 1.85. The van der Waals surface area contributed by atoms with E-state index in [0.29, 0.717) is 12.2 Å². The lowest BCUT2D eigenvalue weighted by atomic mass is 10.1.